The number of halogens is 2. The lowest BCUT2D eigenvalue weighted by Crippen LogP contribution is -2.06. The molecule has 0 spiro atoms. The smallest absolute Gasteiger partial charge is 0.249 e. The maximum atomic E-state index is 5.94. The van der Waals surface area contributed by atoms with Gasteiger partial charge in [0.15, 0.2) is 5.82 Å². The Kier molecular flexibility index (Phi) is 4.76. The van der Waals surface area contributed by atoms with Crippen LogP contribution < -0.4 is 10.6 Å². The average molecular weight is 298 g/mol. The van der Waals surface area contributed by atoms with Gasteiger partial charge in [0.25, 0.3) is 0 Å². The highest BCUT2D eigenvalue weighted by atomic mass is 35.5. The second kappa shape index (κ2) is 6.54. The fraction of sp³-hybridized carbons (Fsp3) is 0.250. The second-order valence-corrected chi connectivity index (χ2v) is 4.66. The summed E-state index contributed by atoms with van der Waals surface area (Å²) < 4.78 is 0. The standard InChI is InChI=1S/C12H13Cl2N5/c1-2-5-15-11-7-16-19-12(18-11)17-8-3-4-9(13)10(14)6-8/h3-4,6-7H,2,5H2,1H3,(H2,15,17,18,19). The summed E-state index contributed by atoms with van der Waals surface area (Å²) in [6.45, 7) is 2.92. The van der Waals surface area contributed by atoms with Crippen molar-refractivity contribution in [1.82, 2.24) is 15.2 Å². The number of nitrogens with one attached hydrogen (secondary N) is 2. The predicted molar refractivity (Wildman–Crippen MR) is 78.4 cm³/mol. The maximum absolute atomic E-state index is 5.94. The van der Waals surface area contributed by atoms with E-state index in [1.807, 2.05) is 0 Å². The van der Waals surface area contributed by atoms with Crippen molar-refractivity contribution in [2.24, 2.45) is 0 Å². The zero-order valence-corrected chi connectivity index (χ0v) is 11.8. The van der Waals surface area contributed by atoms with Gasteiger partial charge in [-0.2, -0.15) is 10.1 Å². The largest absolute Gasteiger partial charge is 0.369 e. The number of anilines is 3. The van der Waals surface area contributed by atoms with Gasteiger partial charge in [-0.3, -0.25) is 0 Å². The van der Waals surface area contributed by atoms with Crippen LogP contribution in [0.2, 0.25) is 10.0 Å². The quantitative estimate of drug-likeness (QED) is 0.880. The Morgan fingerprint density at radius 2 is 2.05 bits per heavy atom. The molecule has 100 valence electrons. The molecule has 2 rings (SSSR count). The lowest BCUT2D eigenvalue weighted by Gasteiger charge is -2.07. The molecule has 5 nitrogen and oxygen atoms in total. The van der Waals surface area contributed by atoms with Crippen LogP contribution in [-0.2, 0) is 0 Å². The van der Waals surface area contributed by atoms with E-state index >= 15 is 0 Å². The highest BCUT2D eigenvalue weighted by Crippen LogP contribution is 2.26. The normalized spacial score (nSPS) is 10.3. The fourth-order valence-corrected chi connectivity index (χ4v) is 1.70. The van der Waals surface area contributed by atoms with Crippen LogP contribution in [0.1, 0.15) is 13.3 Å². The van der Waals surface area contributed by atoms with E-state index in [1.54, 1.807) is 24.4 Å². The first-order chi connectivity index (χ1) is 9.19. The molecule has 2 N–H and O–H groups in total. The Balaban J connectivity index is 2.11. The monoisotopic (exact) mass is 297 g/mol. The number of hydrogen-bond donors (Lipinski definition) is 2. The van der Waals surface area contributed by atoms with Crippen molar-refractivity contribution in [3.63, 3.8) is 0 Å². The van der Waals surface area contributed by atoms with E-state index in [-0.39, 0.29) is 0 Å². The molecule has 0 saturated carbocycles. The van der Waals surface area contributed by atoms with Crippen molar-refractivity contribution in [3.05, 3.63) is 34.4 Å². The molecule has 0 unspecified atom stereocenters. The van der Waals surface area contributed by atoms with Crippen LogP contribution in [0, 0.1) is 0 Å². The van der Waals surface area contributed by atoms with E-state index < -0.39 is 0 Å². The van der Waals surface area contributed by atoms with Crippen molar-refractivity contribution in [1.29, 1.82) is 0 Å². The summed E-state index contributed by atoms with van der Waals surface area (Å²) in [5.74, 6) is 1.08. The highest BCUT2D eigenvalue weighted by Gasteiger charge is 2.03. The molecule has 1 aromatic carbocycles. The Hall–Kier alpha value is -1.59. The first kappa shape index (κ1) is 13.8. The van der Waals surface area contributed by atoms with Gasteiger partial charge in [0.1, 0.15) is 0 Å². The van der Waals surface area contributed by atoms with Crippen molar-refractivity contribution in [2.75, 3.05) is 17.2 Å². The first-order valence-electron chi connectivity index (χ1n) is 5.84. The summed E-state index contributed by atoms with van der Waals surface area (Å²) in [6.07, 6.45) is 2.59. The number of hydrogen-bond acceptors (Lipinski definition) is 5. The van der Waals surface area contributed by atoms with Gasteiger partial charge in [-0.25, -0.2) is 0 Å². The molecule has 2 aromatic rings. The number of benzene rings is 1. The van der Waals surface area contributed by atoms with Gasteiger partial charge in [-0.05, 0) is 24.6 Å². The molecule has 1 aromatic heterocycles. The van der Waals surface area contributed by atoms with Gasteiger partial charge in [0.05, 0.1) is 16.2 Å². The topological polar surface area (TPSA) is 62.7 Å². The molecule has 0 bridgehead atoms. The summed E-state index contributed by atoms with van der Waals surface area (Å²) in [5, 5.41) is 14.9. The van der Waals surface area contributed by atoms with Crippen molar-refractivity contribution in [2.45, 2.75) is 13.3 Å². The van der Waals surface area contributed by atoms with Crippen molar-refractivity contribution in [3.8, 4) is 0 Å². The zero-order chi connectivity index (χ0) is 13.7. The van der Waals surface area contributed by atoms with E-state index in [9.17, 15) is 0 Å². The van der Waals surface area contributed by atoms with Gasteiger partial charge in [-0.1, -0.05) is 30.1 Å². The number of rotatable bonds is 5. The van der Waals surface area contributed by atoms with Crippen molar-refractivity contribution >= 4 is 40.7 Å². The van der Waals surface area contributed by atoms with Crippen LogP contribution in [0.25, 0.3) is 0 Å². The molecule has 0 saturated heterocycles. The molecular weight excluding hydrogens is 285 g/mol. The van der Waals surface area contributed by atoms with Crippen LogP contribution in [0.4, 0.5) is 17.5 Å². The SMILES string of the molecule is CCCNc1cnnc(Nc2ccc(Cl)c(Cl)c2)n1. The minimum absolute atomic E-state index is 0.402. The third kappa shape index (κ3) is 3.94. The lowest BCUT2D eigenvalue weighted by molar-refractivity contribution is 0.935. The maximum Gasteiger partial charge on any atom is 0.249 e. The first-order valence-corrected chi connectivity index (χ1v) is 6.60. The molecule has 0 aliphatic rings. The van der Waals surface area contributed by atoms with E-state index in [1.165, 1.54) is 0 Å². The number of nitrogens with zero attached hydrogens (tertiary/aromatic N) is 3. The van der Waals surface area contributed by atoms with E-state index in [0.29, 0.717) is 21.8 Å². The molecule has 0 atom stereocenters. The van der Waals surface area contributed by atoms with Gasteiger partial charge >= 0.3 is 0 Å². The van der Waals surface area contributed by atoms with Crippen LogP contribution in [0.5, 0.6) is 0 Å². The fourth-order valence-electron chi connectivity index (χ4n) is 1.40. The van der Waals surface area contributed by atoms with Crippen LogP contribution >= 0.6 is 23.2 Å². The Morgan fingerprint density at radius 1 is 1.21 bits per heavy atom. The molecule has 0 radical (unpaired) electrons. The molecule has 1 heterocycles. The minimum Gasteiger partial charge on any atom is -0.369 e. The lowest BCUT2D eigenvalue weighted by atomic mass is 10.3. The average Bonchev–Trinajstić information content (AvgIpc) is 2.41. The van der Waals surface area contributed by atoms with Crippen LogP contribution in [0.15, 0.2) is 24.4 Å². The second-order valence-electron chi connectivity index (χ2n) is 3.85. The third-order valence-corrected chi connectivity index (χ3v) is 3.03. The minimum atomic E-state index is 0.402. The number of aromatic nitrogens is 3. The van der Waals surface area contributed by atoms with Crippen LogP contribution in [0.3, 0.4) is 0 Å². The van der Waals surface area contributed by atoms with Crippen molar-refractivity contribution < 1.29 is 0 Å². The van der Waals surface area contributed by atoms with Gasteiger partial charge < -0.3 is 10.6 Å². The molecule has 0 aliphatic heterocycles. The summed E-state index contributed by atoms with van der Waals surface area (Å²) in [7, 11) is 0. The Morgan fingerprint density at radius 3 is 2.79 bits per heavy atom. The third-order valence-electron chi connectivity index (χ3n) is 2.29. The zero-order valence-electron chi connectivity index (χ0n) is 10.3. The van der Waals surface area contributed by atoms with Crippen LogP contribution in [-0.4, -0.2) is 21.7 Å². The molecule has 0 aliphatic carbocycles. The summed E-state index contributed by atoms with van der Waals surface area (Å²) in [5.41, 5.74) is 0.754. The predicted octanol–water partition coefficient (Wildman–Crippen LogP) is 3.74. The van der Waals surface area contributed by atoms with E-state index in [4.69, 9.17) is 23.2 Å². The summed E-state index contributed by atoms with van der Waals surface area (Å²) >= 11 is 11.8. The molecular formula is C12H13Cl2N5. The molecule has 7 heteroatoms. The molecule has 19 heavy (non-hydrogen) atoms. The Bertz CT molecular complexity index is 562. The Labute approximate surface area is 121 Å². The molecule has 0 amide bonds. The van der Waals surface area contributed by atoms with Gasteiger partial charge in [0, 0.05) is 12.2 Å². The summed E-state index contributed by atoms with van der Waals surface area (Å²) in [4.78, 5) is 4.29. The highest BCUT2D eigenvalue weighted by molar-refractivity contribution is 6.42. The molecule has 0 fully saturated rings. The van der Waals surface area contributed by atoms with Gasteiger partial charge in [0.2, 0.25) is 5.95 Å². The van der Waals surface area contributed by atoms with E-state index in [0.717, 1.165) is 18.7 Å². The van der Waals surface area contributed by atoms with E-state index in [2.05, 4.69) is 32.7 Å². The summed E-state index contributed by atoms with van der Waals surface area (Å²) in [6, 6.07) is 5.21. The van der Waals surface area contributed by atoms with Gasteiger partial charge in [-0.15, -0.1) is 5.10 Å².